The molecule has 72 valence electrons. The maximum absolute atomic E-state index is 7.02. The summed E-state index contributed by atoms with van der Waals surface area (Å²) >= 11 is 0. The van der Waals surface area contributed by atoms with Gasteiger partial charge in [-0.05, 0) is 25.9 Å². The fraction of sp³-hybridized carbons (Fsp3) is 0.900. The number of nitrogens with zero attached hydrogens (tertiary/aromatic N) is 1. The molecule has 1 aliphatic heterocycles. The molecule has 0 amide bonds. The molecule has 0 radical (unpaired) electrons. The van der Waals surface area contributed by atoms with Crippen molar-refractivity contribution in [2.45, 2.75) is 37.3 Å². The van der Waals surface area contributed by atoms with Gasteiger partial charge in [-0.15, -0.1) is 0 Å². The van der Waals surface area contributed by atoms with Crippen molar-refractivity contribution < 1.29 is 4.74 Å². The predicted octanol–water partition coefficient (Wildman–Crippen LogP) is 1.21. The van der Waals surface area contributed by atoms with E-state index >= 15 is 0 Å². The SMILES string of the molecule is [C-]#[N+]C1(COC2CCNCC2)CC1. The summed E-state index contributed by atoms with van der Waals surface area (Å²) in [6, 6.07) is 0. The van der Waals surface area contributed by atoms with Gasteiger partial charge in [0.05, 0.1) is 6.10 Å². The minimum atomic E-state index is -0.106. The van der Waals surface area contributed by atoms with Crippen LogP contribution in [-0.4, -0.2) is 31.3 Å². The van der Waals surface area contributed by atoms with Crippen LogP contribution in [0.4, 0.5) is 0 Å². The summed E-state index contributed by atoms with van der Waals surface area (Å²) < 4.78 is 5.75. The number of ether oxygens (including phenoxy) is 1. The largest absolute Gasteiger partial charge is 0.370 e. The molecule has 0 aromatic heterocycles. The van der Waals surface area contributed by atoms with E-state index in [0.717, 1.165) is 38.8 Å². The Morgan fingerprint density at radius 3 is 2.62 bits per heavy atom. The molecule has 1 saturated heterocycles. The average molecular weight is 180 g/mol. The molecule has 0 aromatic rings. The molecule has 1 heterocycles. The summed E-state index contributed by atoms with van der Waals surface area (Å²) in [6.07, 6.45) is 4.70. The van der Waals surface area contributed by atoms with Crippen molar-refractivity contribution in [1.29, 1.82) is 0 Å². The molecule has 1 N–H and O–H groups in total. The minimum Gasteiger partial charge on any atom is -0.370 e. The highest BCUT2D eigenvalue weighted by Crippen LogP contribution is 2.40. The molecule has 2 aliphatic rings. The Labute approximate surface area is 79.3 Å². The summed E-state index contributed by atoms with van der Waals surface area (Å²) in [6.45, 7) is 9.82. The van der Waals surface area contributed by atoms with Gasteiger partial charge >= 0.3 is 0 Å². The monoisotopic (exact) mass is 180 g/mol. The zero-order valence-electron chi connectivity index (χ0n) is 7.88. The lowest BCUT2D eigenvalue weighted by Crippen LogP contribution is -2.34. The summed E-state index contributed by atoms with van der Waals surface area (Å²) in [7, 11) is 0. The lowest BCUT2D eigenvalue weighted by atomic mass is 10.1. The molecular weight excluding hydrogens is 164 g/mol. The smallest absolute Gasteiger partial charge is 0.256 e. The number of rotatable bonds is 3. The highest BCUT2D eigenvalue weighted by Gasteiger charge is 2.51. The Balaban J connectivity index is 1.70. The Hall–Kier alpha value is -0.590. The molecule has 0 aromatic carbocycles. The van der Waals surface area contributed by atoms with E-state index in [1.54, 1.807) is 0 Å². The van der Waals surface area contributed by atoms with Crippen LogP contribution in [-0.2, 0) is 4.74 Å². The fourth-order valence-corrected chi connectivity index (χ4v) is 1.67. The fourth-order valence-electron chi connectivity index (χ4n) is 1.67. The molecule has 0 spiro atoms. The molecule has 2 rings (SSSR count). The Bertz CT molecular complexity index is 211. The second-order valence-corrected chi connectivity index (χ2v) is 4.10. The molecule has 3 nitrogen and oxygen atoms in total. The van der Waals surface area contributed by atoms with Gasteiger partial charge in [-0.25, -0.2) is 6.57 Å². The molecule has 1 saturated carbocycles. The van der Waals surface area contributed by atoms with E-state index in [0.29, 0.717) is 12.7 Å². The van der Waals surface area contributed by atoms with Crippen molar-refractivity contribution in [3.8, 4) is 0 Å². The van der Waals surface area contributed by atoms with Gasteiger partial charge in [0.15, 0.2) is 0 Å². The van der Waals surface area contributed by atoms with E-state index in [1.165, 1.54) is 0 Å². The van der Waals surface area contributed by atoms with E-state index in [9.17, 15) is 0 Å². The summed E-state index contributed by atoms with van der Waals surface area (Å²) in [4.78, 5) is 3.63. The van der Waals surface area contributed by atoms with Crippen molar-refractivity contribution >= 4 is 0 Å². The van der Waals surface area contributed by atoms with Gasteiger partial charge in [0.25, 0.3) is 5.54 Å². The van der Waals surface area contributed by atoms with E-state index in [2.05, 4.69) is 10.2 Å². The van der Waals surface area contributed by atoms with Gasteiger partial charge in [0.1, 0.15) is 6.61 Å². The lowest BCUT2D eigenvalue weighted by molar-refractivity contribution is 0.0262. The molecule has 0 bridgehead atoms. The van der Waals surface area contributed by atoms with Crippen molar-refractivity contribution in [1.82, 2.24) is 5.32 Å². The zero-order valence-corrected chi connectivity index (χ0v) is 7.88. The van der Waals surface area contributed by atoms with Crippen LogP contribution in [0.1, 0.15) is 25.7 Å². The maximum Gasteiger partial charge on any atom is 0.256 e. The Kier molecular flexibility index (Phi) is 2.52. The number of nitrogens with one attached hydrogen (secondary N) is 1. The van der Waals surface area contributed by atoms with Gasteiger partial charge in [0, 0.05) is 12.8 Å². The number of hydrogen-bond acceptors (Lipinski definition) is 2. The van der Waals surface area contributed by atoms with E-state index in [4.69, 9.17) is 11.3 Å². The second-order valence-electron chi connectivity index (χ2n) is 4.10. The first-order valence-electron chi connectivity index (χ1n) is 5.06. The first kappa shape index (κ1) is 8.98. The van der Waals surface area contributed by atoms with Crippen molar-refractivity contribution in [2.24, 2.45) is 0 Å². The van der Waals surface area contributed by atoms with Crippen LogP contribution in [0.25, 0.3) is 4.85 Å². The summed E-state index contributed by atoms with van der Waals surface area (Å²) in [5, 5.41) is 3.30. The van der Waals surface area contributed by atoms with Crippen LogP contribution in [0.15, 0.2) is 0 Å². The second kappa shape index (κ2) is 3.65. The van der Waals surface area contributed by atoms with Crippen LogP contribution in [0, 0.1) is 6.57 Å². The van der Waals surface area contributed by atoms with Gasteiger partial charge in [-0.3, -0.25) is 0 Å². The third-order valence-electron chi connectivity index (χ3n) is 2.94. The Morgan fingerprint density at radius 1 is 1.38 bits per heavy atom. The predicted molar refractivity (Wildman–Crippen MR) is 50.4 cm³/mol. The third kappa shape index (κ3) is 2.20. The zero-order chi connectivity index (χ0) is 9.15. The van der Waals surface area contributed by atoms with Gasteiger partial charge in [-0.1, -0.05) is 0 Å². The van der Waals surface area contributed by atoms with Gasteiger partial charge < -0.3 is 14.9 Å². The van der Waals surface area contributed by atoms with Crippen LogP contribution >= 0.6 is 0 Å². The van der Waals surface area contributed by atoms with Gasteiger partial charge in [-0.2, -0.15) is 0 Å². The molecule has 0 atom stereocenters. The molecule has 0 unspecified atom stereocenters. The highest BCUT2D eigenvalue weighted by molar-refractivity contribution is 5.11. The van der Waals surface area contributed by atoms with Crippen LogP contribution < -0.4 is 5.32 Å². The number of piperidine rings is 1. The standard InChI is InChI=1S/C10H16N2O/c1-11-10(4-5-10)8-13-9-2-6-12-7-3-9/h9,12H,2-8H2. The van der Waals surface area contributed by atoms with Crippen LogP contribution in [0.3, 0.4) is 0 Å². The first-order chi connectivity index (χ1) is 6.35. The van der Waals surface area contributed by atoms with Crippen molar-refractivity contribution in [2.75, 3.05) is 19.7 Å². The van der Waals surface area contributed by atoms with E-state index < -0.39 is 0 Å². The summed E-state index contributed by atoms with van der Waals surface area (Å²) in [5.74, 6) is 0. The van der Waals surface area contributed by atoms with Crippen molar-refractivity contribution in [3.63, 3.8) is 0 Å². The van der Waals surface area contributed by atoms with Gasteiger partial charge in [0.2, 0.25) is 0 Å². The normalized spacial score (nSPS) is 26.7. The summed E-state index contributed by atoms with van der Waals surface area (Å²) in [5.41, 5.74) is -0.106. The van der Waals surface area contributed by atoms with E-state index in [-0.39, 0.29) is 5.54 Å². The molecule has 3 heteroatoms. The Morgan fingerprint density at radius 2 is 2.08 bits per heavy atom. The first-order valence-corrected chi connectivity index (χ1v) is 5.06. The maximum atomic E-state index is 7.02. The molecule has 1 aliphatic carbocycles. The average Bonchev–Trinajstić information content (AvgIpc) is 2.97. The number of hydrogen-bond donors (Lipinski definition) is 1. The quantitative estimate of drug-likeness (QED) is 0.660. The van der Waals surface area contributed by atoms with Crippen LogP contribution in [0.5, 0.6) is 0 Å². The minimum absolute atomic E-state index is 0.106. The lowest BCUT2D eigenvalue weighted by Gasteiger charge is -2.22. The molecule has 2 fully saturated rings. The van der Waals surface area contributed by atoms with E-state index in [1.807, 2.05) is 0 Å². The topological polar surface area (TPSA) is 25.6 Å². The third-order valence-corrected chi connectivity index (χ3v) is 2.94. The molecule has 13 heavy (non-hydrogen) atoms. The van der Waals surface area contributed by atoms with Crippen LogP contribution in [0.2, 0.25) is 0 Å². The van der Waals surface area contributed by atoms with Crippen molar-refractivity contribution in [3.05, 3.63) is 11.4 Å². The molecular formula is C10H16N2O. The highest BCUT2D eigenvalue weighted by atomic mass is 16.5.